The third-order valence-corrected chi connectivity index (χ3v) is 1.95. The predicted molar refractivity (Wildman–Crippen MR) is 60.9 cm³/mol. The van der Waals surface area contributed by atoms with Gasteiger partial charge in [-0.2, -0.15) is 5.26 Å². The molecule has 0 radical (unpaired) electrons. The Hall–Kier alpha value is -2.09. The summed E-state index contributed by atoms with van der Waals surface area (Å²) in [5.74, 6) is 0.438. The molecule has 1 aromatic rings. The average Bonchev–Trinajstić information content (AvgIpc) is 2.30. The number of carbonyl (C=O) groups is 1. The predicted octanol–water partition coefficient (Wildman–Crippen LogP) is 1.87. The number of pyridine rings is 1. The molecule has 0 saturated heterocycles. The van der Waals surface area contributed by atoms with Crippen LogP contribution in [0.1, 0.15) is 25.3 Å². The molecule has 1 heterocycles. The van der Waals surface area contributed by atoms with Crippen LogP contribution in [0.3, 0.4) is 0 Å². The molecule has 2 amide bonds. The minimum atomic E-state index is -0.273. The van der Waals surface area contributed by atoms with Gasteiger partial charge in [0.25, 0.3) is 0 Å². The molecule has 2 N–H and O–H groups in total. The van der Waals surface area contributed by atoms with Crippen molar-refractivity contribution in [3.63, 3.8) is 0 Å². The standard InChI is InChI=1S/C11H14N4O/c1-2-3-6-13-11(16)15-10-5-4-9(7-12)8-14-10/h4-5,8H,2-3,6H2,1H3,(H2,13,14,15,16). The number of rotatable bonds is 4. The first-order valence-corrected chi connectivity index (χ1v) is 5.17. The quantitative estimate of drug-likeness (QED) is 0.757. The second-order valence-electron chi connectivity index (χ2n) is 3.28. The number of carbonyl (C=O) groups excluding carboxylic acids is 1. The number of aromatic nitrogens is 1. The van der Waals surface area contributed by atoms with Crippen molar-refractivity contribution in [1.29, 1.82) is 5.26 Å². The SMILES string of the molecule is CCCCNC(=O)Nc1ccc(C#N)cn1. The molecule has 5 heteroatoms. The van der Waals surface area contributed by atoms with Gasteiger partial charge >= 0.3 is 6.03 Å². The van der Waals surface area contributed by atoms with E-state index in [-0.39, 0.29) is 6.03 Å². The number of hydrogen-bond acceptors (Lipinski definition) is 3. The van der Waals surface area contributed by atoms with Crippen molar-refractivity contribution in [1.82, 2.24) is 10.3 Å². The van der Waals surface area contributed by atoms with E-state index in [1.165, 1.54) is 6.20 Å². The maximum atomic E-state index is 11.3. The van der Waals surface area contributed by atoms with Crippen LogP contribution in [-0.4, -0.2) is 17.6 Å². The van der Waals surface area contributed by atoms with Crippen molar-refractivity contribution in [3.8, 4) is 6.07 Å². The number of unbranched alkanes of at least 4 members (excludes halogenated alkanes) is 1. The summed E-state index contributed by atoms with van der Waals surface area (Å²) in [5, 5.41) is 13.9. The van der Waals surface area contributed by atoms with Gasteiger partial charge in [-0.3, -0.25) is 5.32 Å². The first-order valence-electron chi connectivity index (χ1n) is 5.17. The first kappa shape index (κ1) is 12.0. The maximum absolute atomic E-state index is 11.3. The molecule has 0 spiro atoms. The molecule has 5 nitrogen and oxygen atoms in total. The molecule has 0 unspecified atom stereocenters. The average molecular weight is 218 g/mol. The summed E-state index contributed by atoms with van der Waals surface area (Å²) >= 11 is 0. The Kier molecular flexibility index (Phi) is 4.80. The van der Waals surface area contributed by atoms with Crippen LogP contribution in [0.25, 0.3) is 0 Å². The van der Waals surface area contributed by atoms with Gasteiger partial charge in [-0.05, 0) is 18.6 Å². The van der Waals surface area contributed by atoms with Crippen LogP contribution in [0.15, 0.2) is 18.3 Å². The van der Waals surface area contributed by atoms with Crippen molar-refractivity contribution < 1.29 is 4.79 Å². The van der Waals surface area contributed by atoms with Crippen molar-refractivity contribution in [2.24, 2.45) is 0 Å². The molecule has 0 aliphatic rings. The van der Waals surface area contributed by atoms with E-state index in [1.54, 1.807) is 12.1 Å². The summed E-state index contributed by atoms with van der Waals surface area (Å²) in [5.41, 5.74) is 0.469. The van der Waals surface area contributed by atoms with Gasteiger partial charge in [0, 0.05) is 12.7 Å². The second-order valence-corrected chi connectivity index (χ2v) is 3.28. The van der Waals surface area contributed by atoms with Gasteiger partial charge in [-0.25, -0.2) is 9.78 Å². The van der Waals surface area contributed by atoms with E-state index in [0.717, 1.165) is 12.8 Å². The van der Waals surface area contributed by atoms with Crippen LogP contribution < -0.4 is 10.6 Å². The number of nitrogens with zero attached hydrogens (tertiary/aromatic N) is 2. The van der Waals surface area contributed by atoms with Crippen LogP contribution >= 0.6 is 0 Å². The first-order chi connectivity index (χ1) is 7.76. The van der Waals surface area contributed by atoms with Gasteiger partial charge in [0.1, 0.15) is 11.9 Å². The lowest BCUT2D eigenvalue weighted by molar-refractivity contribution is 0.252. The third kappa shape index (κ3) is 3.96. The zero-order chi connectivity index (χ0) is 11.8. The highest BCUT2D eigenvalue weighted by atomic mass is 16.2. The van der Waals surface area contributed by atoms with Crippen LogP contribution in [0.2, 0.25) is 0 Å². The molecular weight excluding hydrogens is 204 g/mol. The lowest BCUT2D eigenvalue weighted by Crippen LogP contribution is -2.29. The molecule has 84 valence electrons. The molecule has 0 aromatic carbocycles. The van der Waals surface area contributed by atoms with Gasteiger partial charge in [-0.15, -0.1) is 0 Å². The normalized spacial score (nSPS) is 9.25. The molecule has 0 aliphatic heterocycles. The fourth-order valence-corrected chi connectivity index (χ4v) is 1.07. The fraction of sp³-hybridized carbons (Fsp3) is 0.364. The molecule has 0 fully saturated rings. The number of anilines is 1. The molecule has 0 atom stereocenters. The molecule has 1 rings (SSSR count). The Morgan fingerprint density at radius 3 is 2.94 bits per heavy atom. The van der Waals surface area contributed by atoms with E-state index in [4.69, 9.17) is 5.26 Å². The van der Waals surface area contributed by atoms with Gasteiger partial charge in [-0.1, -0.05) is 13.3 Å². The smallest absolute Gasteiger partial charge is 0.320 e. The summed E-state index contributed by atoms with van der Waals surface area (Å²) in [7, 11) is 0. The lowest BCUT2D eigenvalue weighted by atomic mass is 10.3. The minimum absolute atomic E-state index is 0.273. The lowest BCUT2D eigenvalue weighted by Gasteiger charge is -2.05. The Morgan fingerprint density at radius 2 is 2.38 bits per heavy atom. The number of amides is 2. The molecule has 16 heavy (non-hydrogen) atoms. The van der Waals surface area contributed by atoms with Crippen molar-refractivity contribution >= 4 is 11.8 Å². The summed E-state index contributed by atoms with van der Waals surface area (Å²) in [6, 6.07) is 4.89. The van der Waals surface area contributed by atoms with E-state index >= 15 is 0 Å². The second kappa shape index (κ2) is 6.40. The van der Waals surface area contributed by atoms with Crippen LogP contribution in [-0.2, 0) is 0 Å². The van der Waals surface area contributed by atoms with Gasteiger partial charge < -0.3 is 5.32 Å². The molecule has 0 saturated carbocycles. The van der Waals surface area contributed by atoms with Crippen molar-refractivity contribution in [2.75, 3.05) is 11.9 Å². The van der Waals surface area contributed by atoms with E-state index in [0.29, 0.717) is 17.9 Å². The largest absolute Gasteiger partial charge is 0.338 e. The van der Waals surface area contributed by atoms with Gasteiger partial charge in [0.15, 0.2) is 0 Å². The summed E-state index contributed by atoms with van der Waals surface area (Å²) < 4.78 is 0. The zero-order valence-corrected chi connectivity index (χ0v) is 9.16. The summed E-state index contributed by atoms with van der Waals surface area (Å²) in [6.45, 7) is 2.71. The third-order valence-electron chi connectivity index (χ3n) is 1.95. The Balaban J connectivity index is 2.41. The Morgan fingerprint density at radius 1 is 1.56 bits per heavy atom. The number of hydrogen-bond donors (Lipinski definition) is 2. The van der Waals surface area contributed by atoms with E-state index in [9.17, 15) is 4.79 Å². The number of nitrogens with one attached hydrogen (secondary N) is 2. The van der Waals surface area contributed by atoms with E-state index in [1.807, 2.05) is 6.07 Å². The van der Waals surface area contributed by atoms with Crippen LogP contribution in [0.4, 0.5) is 10.6 Å². The fourth-order valence-electron chi connectivity index (χ4n) is 1.07. The molecule has 0 bridgehead atoms. The molecular formula is C11H14N4O. The molecule has 0 aliphatic carbocycles. The van der Waals surface area contributed by atoms with Gasteiger partial charge in [0.2, 0.25) is 0 Å². The Bertz CT molecular complexity index is 380. The Labute approximate surface area is 94.5 Å². The monoisotopic (exact) mass is 218 g/mol. The van der Waals surface area contributed by atoms with E-state index < -0.39 is 0 Å². The van der Waals surface area contributed by atoms with E-state index in [2.05, 4.69) is 22.5 Å². The molecule has 1 aromatic heterocycles. The van der Waals surface area contributed by atoms with Crippen LogP contribution in [0.5, 0.6) is 0 Å². The van der Waals surface area contributed by atoms with Crippen LogP contribution in [0, 0.1) is 11.3 Å². The maximum Gasteiger partial charge on any atom is 0.320 e. The van der Waals surface area contributed by atoms with Crippen molar-refractivity contribution in [3.05, 3.63) is 23.9 Å². The minimum Gasteiger partial charge on any atom is -0.338 e. The summed E-state index contributed by atoms with van der Waals surface area (Å²) in [6.07, 6.45) is 3.41. The van der Waals surface area contributed by atoms with Gasteiger partial charge in [0.05, 0.1) is 5.56 Å². The highest BCUT2D eigenvalue weighted by Crippen LogP contribution is 2.03. The zero-order valence-electron chi connectivity index (χ0n) is 9.16. The topological polar surface area (TPSA) is 77.8 Å². The highest BCUT2D eigenvalue weighted by molar-refractivity contribution is 5.88. The summed E-state index contributed by atoms with van der Waals surface area (Å²) in [4.78, 5) is 15.2. The van der Waals surface area contributed by atoms with Crippen molar-refractivity contribution in [2.45, 2.75) is 19.8 Å². The number of nitriles is 1. The number of urea groups is 1. The highest BCUT2D eigenvalue weighted by Gasteiger charge is 2.01.